The highest BCUT2D eigenvalue weighted by Crippen LogP contribution is 2.21. The first-order valence-electron chi connectivity index (χ1n) is 8.86. The molecule has 1 aliphatic carbocycles. The standard InChI is InChI=1S/C18H26FN3O2S/c1-12-3-4-15(9-17(12)19)13(2)21-18(22-16-5-6-16)20-10-14-7-8-25(23,24)11-14/h3-4,9,13-14,16H,5-8,10-11H2,1-2H3,(H2,20,21,22). The second-order valence-electron chi connectivity index (χ2n) is 7.25. The van der Waals surface area contributed by atoms with Gasteiger partial charge in [0.05, 0.1) is 17.5 Å². The van der Waals surface area contributed by atoms with Gasteiger partial charge in [-0.3, -0.25) is 4.99 Å². The van der Waals surface area contributed by atoms with Crippen molar-refractivity contribution in [1.82, 2.24) is 10.6 Å². The van der Waals surface area contributed by atoms with Gasteiger partial charge in [0.15, 0.2) is 15.8 Å². The van der Waals surface area contributed by atoms with Gasteiger partial charge in [-0.15, -0.1) is 0 Å². The molecule has 0 amide bonds. The average molecular weight is 367 g/mol. The van der Waals surface area contributed by atoms with Crippen LogP contribution < -0.4 is 10.6 Å². The molecule has 0 bridgehead atoms. The molecule has 2 N–H and O–H groups in total. The molecule has 1 heterocycles. The molecule has 2 unspecified atom stereocenters. The van der Waals surface area contributed by atoms with Crippen molar-refractivity contribution in [3.8, 4) is 0 Å². The molecular weight excluding hydrogens is 341 g/mol. The van der Waals surface area contributed by atoms with E-state index in [4.69, 9.17) is 0 Å². The number of guanidine groups is 1. The molecule has 2 fully saturated rings. The van der Waals surface area contributed by atoms with E-state index < -0.39 is 9.84 Å². The first-order valence-corrected chi connectivity index (χ1v) is 10.7. The molecule has 138 valence electrons. The molecule has 1 aromatic rings. The SMILES string of the molecule is Cc1ccc(C(C)NC(=NCC2CCS(=O)(=O)C2)NC2CC2)cc1F. The van der Waals surface area contributed by atoms with Crippen LogP contribution in [0.3, 0.4) is 0 Å². The number of rotatable bonds is 5. The largest absolute Gasteiger partial charge is 0.354 e. The minimum atomic E-state index is -2.88. The highest BCUT2D eigenvalue weighted by Gasteiger charge is 2.28. The molecule has 0 aromatic heterocycles. The van der Waals surface area contributed by atoms with Gasteiger partial charge in [-0.25, -0.2) is 12.8 Å². The first-order chi connectivity index (χ1) is 11.8. The van der Waals surface area contributed by atoms with Crippen molar-refractivity contribution < 1.29 is 12.8 Å². The summed E-state index contributed by atoms with van der Waals surface area (Å²) in [5, 5.41) is 6.68. The Bertz CT molecular complexity index is 760. The molecular formula is C18H26FN3O2S. The Balaban J connectivity index is 1.65. The summed E-state index contributed by atoms with van der Waals surface area (Å²) >= 11 is 0. The molecule has 0 radical (unpaired) electrons. The highest BCUT2D eigenvalue weighted by molar-refractivity contribution is 7.91. The zero-order valence-electron chi connectivity index (χ0n) is 14.8. The van der Waals surface area contributed by atoms with E-state index >= 15 is 0 Å². The number of hydrogen-bond acceptors (Lipinski definition) is 3. The van der Waals surface area contributed by atoms with Crippen molar-refractivity contribution >= 4 is 15.8 Å². The first kappa shape index (κ1) is 18.2. The van der Waals surface area contributed by atoms with Crippen LogP contribution in [0.5, 0.6) is 0 Å². The number of aryl methyl sites for hydroxylation is 1. The maximum atomic E-state index is 13.8. The molecule has 25 heavy (non-hydrogen) atoms. The van der Waals surface area contributed by atoms with Gasteiger partial charge in [-0.2, -0.15) is 0 Å². The fraction of sp³-hybridized carbons (Fsp3) is 0.611. The Hall–Kier alpha value is -1.63. The van der Waals surface area contributed by atoms with Crippen LogP contribution in [0.2, 0.25) is 0 Å². The fourth-order valence-electron chi connectivity index (χ4n) is 2.96. The highest BCUT2D eigenvalue weighted by atomic mass is 32.2. The van der Waals surface area contributed by atoms with E-state index in [0.717, 1.165) is 18.4 Å². The van der Waals surface area contributed by atoms with Gasteiger partial charge in [-0.1, -0.05) is 12.1 Å². The lowest BCUT2D eigenvalue weighted by atomic mass is 10.1. The molecule has 2 atom stereocenters. The minimum absolute atomic E-state index is 0.0904. The van der Waals surface area contributed by atoms with Crippen LogP contribution in [0.25, 0.3) is 0 Å². The number of nitrogens with one attached hydrogen (secondary N) is 2. The Morgan fingerprint density at radius 3 is 2.72 bits per heavy atom. The number of halogens is 1. The van der Waals surface area contributed by atoms with Gasteiger partial charge in [-0.05, 0) is 56.2 Å². The van der Waals surface area contributed by atoms with Crippen LogP contribution in [0.1, 0.15) is 43.4 Å². The van der Waals surface area contributed by atoms with Gasteiger partial charge in [0.2, 0.25) is 0 Å². The third-order valence-electron chi connectivity index (χ3n) is 4.80. The van der Waals surface area contributed by atoms with Gasteiger partial charge < -0.3 is 10.6 Å². The number of sulfone groups is 1. The van der Waals surface area contributed by atoms with Crippen LogP contribution in [0.4, 0.5) is 4.39 Å². The summed E-state index contributed by atoms with van der Waals surface area (Å²) in [6, 6.07) is 5.57. The van der Waals surface area contributed by atoms with Crippen LogP contribution >= 0.6 is 0 Å². The van der Waals surface area contributed by atoms with E-state index in [2.05, 4.69) is 15.6 Å². The lowest BCUT2D eigenvalue weighted by molar-refractivity contribution is 0.586. The summed E-state index contributed by atoms with van der Waals surface area (Å²) in [5.41, 5.74) is 1.49. The lowest BCUT2D eigenvalue weighted by Gasteiger charge is -2.19. The Labute approximate surface area is 149 Å². The summed E-state index contributed by atoms with van der Waals surface area (Å²) in [4.78, 5) is 4.59. The van der Waals surface area contributed by atoms with Crippen molar-refractivity contribution in [3.63, 3.8) is 0 Å². The van der Waals surface area contributed by atoms with Gasteiger partial charge in [0.1, 0.15) is 5.82 Å². The molecule has 3 rings (SSSR count). The molecule has 0 spiro atoms. The normalized spacial score (nSPS) is 24.1. The van der Waals surface area contributed by atoms with Crippen molar-refractivity contribution in [2.75, 3.05) is 18.1 Å². The van der Waals surface area contributed by atoms with E-state index in [0.29, 0.717) is 30.5 Å². The summed E-state index contributed by atoms with van der Waals surface area (Å²) in [5.74, 6) is 1.06. The third-order valence-corrected chi connectivity index (χ3v) is 6.64. The van der Waals surface area contributed by atoms with Crippen molar-refractivity contribution in [3.05, 3.63) is 35.1 Å². The monoisotopic (exact) mass is 367 g/mol. The molecule has 1 saturated carbocycles. The van der Waals surface area contributed by atoms with E-state index in [1.54, 1.807) is 19.1 Å². The lowest BCUT2D eigenvalue weighted by Crippen LogP contribution is -2.40. The average Bonchev–Trinajstić information content (AvgIpc) is 3.29. The van der Waals surface area contributed by atoms with E-state index in [1.807, 2.05) is 13.0 Å². The molecule has 1 aliphatic heterocycles. The Kier molecular flexibility index (Phi) is 5.32. The fourth-order valence-corrected chi connectivity index (χ4v) is 4.81. The van der Waals surface area contributed by atoms with Gasteiger partial charge in [0.25, 0.3) is 0 Å². The second-order valence-corrected chi connectivity index (χ2v) is 9.48. The maximum absolute atomic E-state index is 13.8. The van der Waals surface area contributed by atoms with Crippen LogP contribution in [0.15, 0.2) is 23.2 Å². The summed E-state index contributed by atoms with van der Waals surface area (Å²) in [7, 11) is -2.88. The smallest absolute Gasteiger partial charge is 0.191 e. The van der Waals surface area contributed by atoms with E-state index in [9.17, 15) is 12.8 Å². The van der Waals surface area contributed by atoms with Gasteiger partial charge in [0, 0.05) is 12.6 Å². The summed E-state index contributed by atoms with van der Waals surface area (Å²) in [6.45, 7) is 4.21. The number of nitrogens with zero attached hydrogens (tertiary/aromatic N) is 1. The molecule has 2 aliphatic rings. The third kappa shape index (κ3) is 5.17. The second kappa shape index (κ2) is 7.32. The van der Waals surface area contributed by atoms with E-state index in [-0.39, 0.29) is 29.3 Å². The van der Waals surface area contributed by atoms with Crippen LogP contribution in [-0.2, 0) is 9.84 Å². The van der Waals surface area contributed by atoms with Crippen LogP contribution in [0, 0.1) is 18.7 Å². The Morgan fingerprint density at radius 1 is 1.36 bits per heavy atom. The maximum Gasteiger partial charge on any atom is 0.191 e. The number of hydrogen-bond donors (Lipinski definition) is 2. The zero-order chi connectivity index (χ0) is 18.0. The topological polar surface area (TPSA) is 70.6 Å². The van der Waals surface area contributed by atoms with E-state index in [1.165, 1.54) is 0 Å². The van der Waals surface area contributed by atoms with Crippen molar-refractivity contribution in [2.24, 2.45) is 10.9 Å². The summed E-state index contributed by atoms with van der Waals surface area (Å²) in [6.07, 6.45) is 2.92. The zero-order valence-corrected chi connectivity index (χ0v) is 15.6. The predicted octanol–water partition coefficient (Wildman–Crippen LogP) is 2.33. The molecule has 7 heteroatoms. The molecule has 5 nitrogen and oxygen atoms in total. The molecule has 1 saturated heterocycles. The van der Waals surface area contributed by atoms with Crippen molar-refractivity contribution in [2.45, 2.75) is 45.2 Å². The molecule has 1 aromatic carbocycles. The quantitative estimate of drug-likeness (QED) is 0.619. The van der Waals surface area contributed by atoms with Crippen LogP contribution in [-0.4, -0.2) is 38.5 Å². The van der Waals surface area contributed by atoms with Gasteiger partial charge >= 0.3 is 0 Å². The number of benzene rings is 1. The summed E-state index contributed by atoms with van der Waals surface area (Å²) < 4.78 is 37.0. The number of aliphatic imine (C=N–C) groups is 1. The Morgan fingerprint density at radius 2 is 2.12 bits per heavy atom. The predicted molar refractivity (Wildman–Crippen MR) is 97.9 cm³/mol. The van der Waals surface area contributed by atoms with Crippen molar-refractivity contribution in [1.29, 1.82) is 0 Å². The minimum Gasteiger partial charge on any atom is -0.354 e.